The summed E-state index contributed by atoms with van der Waals surface area (Å²) in [6.45, 7) is 0.734. The van der Waals surface area contributed by atoms with Crippen molar-refractivity contribution in [3.05, 3.63) is 35.7 Å². The molecular formula is C18H21N5O2S. The molecule has 2 N–H and O–H groups in total. The van der Waals surface area contributed by atoms with Gasteiger partial charge in [-0.1, -0.05) is 30.0 Å². The molecule has 26 heavy (non-hydrogen) atoms. The molecule has 8 heteroatoms. The lowest BCUT2D eigenvalue weighted by Crippen LogP contribution is -2.30. The van der Waals surface area contributed by atoms with Crippen molar-refractivity contribution < 1.29 is 9.59 Å². The Kier molecular flexibility index (Phi) is 4.67. The monoisotopic (exact) mass is 371 g/mol. The number of nitrogens with zero attached hydrogens (tertiary/aromatic N) is 4. The van der Waals surface area contributed by atoms with Gasteiger partial charge in [-0.3, -0.25) is 9.59 Å². The number of primary amides is 1. The Morgan fingerprint density at radius 1 is 1.23 bits per heavy atom. The number of amides is 2. The van der Waals surface area contributed by atoms with E-state index in [9.17, 15) is 9.59 Å². The van der Waals surface area contributed by atoms with Crippen LogP contribution in [0, 0.1) is 0 Å². The fourth-order valence-corrected chi connectivity index (χ4v) is 4.21. The minimum absolute atomic E-state index is 0.0870. The van der Waals surface area contributed by atoms with Gasteiger partial charge in [0.1, 0.15) is 5.82 Å². The molecule has 1 aliphatic carbocycles. The Hall–Kier alpha value is -2.35. The molecule has 1 fully saturated rings. The van der Waals surface area contributed by atoms with E-state index in [-0.39, 0.29) is 18.2 Å². The Morgan fingerprint density at radius 3 is 2.81 bits per heavy atom. The van der Waals surface area contributed by atoms with Crippen LogP contribution in [0.1, 0.15) is 36.7 Å². The number of fused-ring (bicyclic) bond motifs is 1. The maximum absolute atomic E-state index is 12.7. The summed E-state index contributed by atoms with van der Waals surface area (Å²) in [5.41, 5.74) is 7.48. The second kappa shape index (κ2) is 7.11. The van der Waals surface area contributed by atoms with Gasteiger partial charge in [0.05, 0.1) is 5.75 Å². The third-order valence-electron chi connectivity index (χ3n) is 4.76. The lowest BCUT2D eigenvalue weighted by molar-refractivity contribution is -0.118. The molecule has 1 aromatic carbocycles. The number of carbonyl (C=O) groups excluding carboxylic acids is 2. The van der Waals surface area contributed by atoms with E-state index < -0.39 is 0 Å². The second-order valence-corrected chi connectivity index (χ2v) is 7.62. The zero-order chi connectivity index (χ0) is 18.1. The smallest absolute Gasteiger partial charge is 0.237 e. The van der Waals surface area contributed by atoms with Crippen molar-refractivity contribution in [2.24, 2.45) is 5.73 Å². The highest BCUT2D eigenvalue weighted by atomic mass is 32.2. The molecule has 0 saturated heterocycles. The minimum atomic E-state index is -0.340. The summed E-state index contributed by atoms with van der Waals surface area (Å²) < 4.78 is 2.08. The molecule has 0 unspecified atom stereocenters. The van der Waals surface area contributed by atoms with Crippen LogP contribution in [0.15, 0.2) is 29.4 Å². The number of para-hydroxylation sites is 1. The number of rotatable bonds is 7. The van der Waals surface area contributed by atoms with Gasteiger partial charge in [-0.15, -0.1) is 10.2 Å². The number of hydrogen-bond acceptors (Lipinski definition) is 5. The average Bonchev–Trinajstić information content (AvgIpc) is 3.24. The van der Waals surface area contributed by atoms with Gasteiger partial charge in [0.25, 0.3) is 0 Å². The number of aromatic nitrogens is 3. The second-order valence-electron chi connectivity index (χ2n) is 6.68. The van der Waals surface area contributed by atoms with Crippen molar-refractivity contribution in [2.45, 2.75) is 43.3 Å². The van der Waals surface area contributed by atoms with Crippen LogP contribution in [0.3, 0.4) is 0 Å². The maximum Gasteiger partial charge on any atom is 0.237 e. The Labute approximate surface area is 155 Å². The number of nitrogens with two attached hydrogens (primary N) is 1. The summed E-state index contributed by atoms with van der Waals surface area (Å²) in [5, 5.41) is 9.23. The first-order valence-electron chi connectivity index (χ1n) is 8.86. The lowest BCUT2D eigenvalue weighted by Gasteiger charge is -2.17. The number of anilines is 1. The van der Waals surface area contributed by atoms with Crippen molar-refractivity contribution in [3.63, 3.8) is 0 Å². The minimum Gasteiger partial charge on any atom is -0.370 e. The molecule has 136 valence electrons. The summed E-state index contributed by atoms with van der Waals surface area (Å²) >= 11 is 1.42. The zero-order valence-electron chi connectivity index (χ0n) is 14.4. The summed E-state index contributed by atoms with van der Waals surface area (Å²) in [6, 6.07) is 8.43. The third-order valence-corrected chi connectivity index (χ3v) is 5.68. The van der Waals surface area contributed by atoms with E-state index >= 15 is 0 Å². The molecule has 1 saturated carbocycles. The molecule has 7 nitrogen and oxygen atoms in total. The van der Waals surface area contributed by atoms with Crippen LogP contribution in [-0.4, -0.2) is 38.9 Å². The van der Waals surface area contributed by atoms with Crippen LogP contribution in [-0.2, 0) is 22.4 Å². The van der Waals surface area contributed by atoms with Gasteiger partial charge in [-0.25, -0.2) is 0 Å². The molecule has 1 aliphatic heterocycles. The van der Waals surface area contributed by atoms with Crippen LogP contribution in [0.4, 0.5) is 5.69 Å². The van der Waals surface area contributed by atoms with E-state index in [2.05, 4.69) is 20.8 Å². The standard InChI is InChI=1S/C18H21N5O2S/c19-15(24)7-8-16-20-21-18(23(16)13-5-6-13)26-11-17(25)22-10-9-12-3-1-2-4-14(12)22/h1-4,13H,5-11H2,(H2,19,24). The average molecular weight is 371 g/mol. The summed E-state index contributed by atoms with van der Waals surface area (Å²) in [7, 11) is 0. The zero-order valence-corrected chi connectivity index (χ0v) is 15.2. The first kappa shape index (κ1) is 17.1. The number of hydrogen-bond donors (Lipinski definition) is 1. The van der Waals surface area contributed by atoms with Crippen LogP contribution < -0.4 is 10.6 Å². The van der Waals surface area contributed by atoms with E-state index in [0.717, 1.165) is 42.5 Å². The van der Waals surface area contributed by atoms with Gasteiger partial charge in [-0.2, -0.15) is 0 Å². The van der Waals surface area contributed by atoms with Crippen molar-refractivity contribution in [1.29, 1.82) is 0 Å². The first-order valence-corrected chi connectivity index (χ1v) is 9.85. The molecule has 1 aromatic heterocycles. The molecule has 2 amide bonds. The van der Waals surface area contributed by atoms with Crippen molar-refractivity contribution in [2.75, 3.05) is 17.2 Å². The summed E-state index contributed by atoms with van der Waals surface area (Å²) in [5.74, 6) is 0.860. The van der Waals surface area contributed by atoms with Crippen LogP contribution in [0.2, 0.25) is 0 Å². The fraction of sp³-hybridized carbons (Fsp3) is 0.444. The number of aryl methyl sites for hydroxylation is 1. The Morgan fingerprint density at radius 2 is 2.04 bits per heavy atom. The molecule has 4 rings (SSSR count). The Balaban J connectivity index is 1.43. The molecule has 0 atom stereocenters. The molecule has 0 bridgehead atoms. The van der Waals surface area contributed by atoms with Gasteiger partial charge < -0.3 is 15.2 Å². The molecule has 0 radical (unpaired) electrons. The lowest BCUT2D eigenvalue weighted by atomic mass is 10.2. The first-order chi connectivity index (χ1) is 12.6. The van der Waals surface area contributed by atoms with E-state index in [1.165, 1.54) is 17.3 Å². The predicted molar refractivity (Wildman–Crippen MR) is 99.0 cm³/mol. The van der Waals surface area contributed by atoms with Crippen molar-refractivity contribution >= 4 is 29.3 Å². The van der Waals surface area contributed by atoms with E-state index in [4.69, 9.17) is 5.73 Å². The molecule has 0 spiro atoms. The fourth-order valence-electron chi connectivity index (χ4n) is 3.31. The van der Waals surface area contributed by atoms with Crippen molar-refractivity contribution in [1.82, 2.24) is 14.8 Å². The molecular weight excluding hydrogens is 350 g/mol. The van der Waals surface area contributed by atoms with Crippen LogP contribution in [0.25, 0.3) is 0 Å². The van der Waals surface area contributed by atoms with Gasteiger partial charge in [0, 0.05) is 31.1 Å². The highest BCUT2D eigenvalue weighted by Crippen LogP contribution is 2.39. The largest absolute Gasteiger partial charge is 0.370 e. The Bertz CT molecular complexity index is 846. The number of carbonyl (C=O) groups is 2. The normalized spacial score (nSPS) is 15.9. The summed E-state index contributed by atoms with van der Waals surface area (Å²) in [4.78, 5) is 25.6. The topological polar surface area (TPSA) is 94.1 Å². The maximum atomic E-state index is 12.7. The van der Waals surface area contributed by atoms with Crippen LogP contribution >= 0.6 is 11.8 Å². The van der Waals surface area contributed by atoms with Gasteiger partial charge in [-0.05, 0) is 30.9 Å². The van der Waals surface area contributed by atoms with E-state index in [1.807, 2.05) is 23.1 Å². The van der Waals surface area contributed by atoms with E-state index in [1.54, 1.807) is 0 Å². The molecule has 2 aromatic rings. The van der Waals surface area contributed by atoms with Gasteiger partial charge in [0.2, 0.25) is 11.8 Å². The number of thioether (sulfide) groups is 1. The molecule has 2 aliphatic rings. The van der Waals surface area contributed by atoms with Crippen molar-refractivity contribution in [3.8, 4) is 0 Å². The van der Waals surface area contributed by atoms with E-state index in [0.29, 0.717) is 18.2 Å². The molecule has 2 heterocycles. The third kappa shape index (κ3) is 3.46. The highest BCUT2D eigenvalue weighted by molar-refractivity contribution is 7.99. The van der Waals surface area contributed by atoms with Gasteiger partial charge in [0.15, 0.2) is 5.16 Å². The SMILES string of the molecule is NC(=O)CCc1nnc(SCC(=O)N2CCc3ccccc32)n1C1CC1. The van der Waals surface area contributed by atoms with Crippen LogP contribution in [0.5, 0.6) is 0 Å². The predicted octanol–water partition coefficient (Wildman–Crippen LogP) is 1.71. The summed E-state index contributed by atoms with van der Waals surface area (Å²) in [6.07, 6.45) is 3.83. The quantitative estimate of drug-likeness (QED) is 0.748. The van der Waals surface area contributed by atoms with Gasteiger partial charge >= 0.3 is 0 Å². The highest BCUT2D eigenvalue weighted by Gasteiger charge is 2.30. The number of benzene rings is 1.